The zero-order valence-electron chi connectivity index (χ0n) is 10.2. The van der Waals surface area contributed by atoms with Gasteiger partial charge in [0.2, 0.25) is 0 Å². The third-order valence-electron chi connectivity index (χ3n) is 3.55. The van der Waals surface area contributed by atoms with Crippen molar-refractivity contribution in [2.24, 2.45) is 5.92 Å². The maximum Gasteiger partial charge on any atom is 0.269 e. The van der Waals surface area contributed by atoms with E-state index in [1.807, 2.05) is 16.6 Å². The molecule has 0 radical (unpaired) electrons. The van der Waals surface area contributed by atoms with Crippen LogP contribution in [0.15, 0.2) is 24.3 Å². The van der Waals surface area contributed by atoms with E-state index in [-0.39, 0.29) is 10.6 Å². The summed E-state index contributed by atoms with van der Waals surface area (Å²) in [5, 5.41) is 10.5. The highest BCUT2D eigenvalue weighted by atomic mass is 35.5. The molecule has 1 saturated heterocycles. The van der Waals surface area contributed by atoms with Crippen molar-refractivity contribution in [3.8, 4) is 0 Å². The van der Waals surface area contributed by atoms with Crippen LogP contribution in [0.4, 0.5) is 5.69 Å². The van der Waals surface area contributed by atoms with Gasteiger partial charge in [-0.2, -0.15) is 0 Å². The Bertz CT molecular complexity index is 400. The maximum absolute atomic E-state index is 10.5. The summed E-state index contributed by atoms with van der Waals surface area (Å²) >= 11 is 5.92. The topological polar surface area (TPSA) is 46.4 Å². The van der Waals surface area contributed by atoms with Gasteiger partial charge in [-0.15, -0.1) is 0 Å². The first kappa shape index (κ1) is 13.3. The molecule has 0 N–H and O–H groups in total. The summed E-state index contributed by atoms with van der Waals surface area (Å²) in [6.45, 7) is 1.93. The van der Waals surface area contributed by atoms with Crippen molar-refractivity contribution in [1.82, 2.24) is 4.42 Å². The second-order valence-corrected chi connectivity index (χ2v) is 5.29. The van der Waals surface area contributed by atoms with E-state index in [0.29, 0.717) is 0 Å². The second kappa shape index (κ2) is 6.16. The number of nitro groups is 1. The van der Waals surface area contributed by atoms with Crippen LogP contribution < -0.4 is 0 Å². The van der Waals surface area contributed by atoms with Crippen LogP contribution >= 0.6 is 11.8 Å². The van der Waals surface area contributed by atoms with E-state index >= 15 is 0 Å². The molecule has 0 saturated carbocycles. The Morgan fingerprint density at radius 2 is 1.89 bits per heavy atom. The van der Waals surface area contributed by atoms with Crippen molar-refractivity contribution in [3.05, 3.63) is 39.9 Å². The van der Waals surface area contributed by atoms with E-state index in [1.165, 1.54) is 5.56 Å². The number of nitro benzene ring substituents is 1. The average molecular weight is 269 g/mol. The second-order valence-electron chi connectivity index (χ2n) is 4.82. The molecule has 98 valence electrons. The van der Waals surface area contributed by atoms with Gasteiger partial charge in [-0.1, -0.05) is 12.1 Å². The number of rotatable bonds is 4. The van der Waals surface area contributed by atoms with Gasteiger partial charge in [-0.3, -0.25) is 10.1 Å². The number of nitrogens with zero attached hydrogens (tertiary/aromatic N) is 2. The first-order valence-electron chi connectivity index (χ1n) is 6.29. The molecule has 1 fully saturated rings. The molecule has 0 aromatic heterocycles. The first-order valence-corrected chi connectivity index (χ1v) is 6.63. The lowest BCUT2D eigenvalue weighted by Crippen LogP contribution is -2.26. The number of piperidine rings is 1. The fourth-order valence-electron chi connectivity index (χ4n) is 2.35. The highest BCUT2D eigenvalue weighted by Gasteiger charge is 2.17. The summed E-state index contributed by atoms with van der Waals surface area (Å²) in [5.74, 6) is 0.732. The first-order chi connectivity index (χ1) is 8.65. The highest BCUT2D eigenvalue weighted by Crippen LogP contribution is 2.23. The Kier molecular flexibility index (Phi) is 4.55. The molecule has 0 spiro atoms. The van der Waals surface area contributed by atoms with Gasteiger partial charge in [-0.05, 0) is 48.9 Å². The normalized spacial score (nSPS) is 17.8. The van der Waals surface area contributed by atoms with Crippen molar-refractivity contribution in [1.29, 1.82) is 0 Å². The minimum absolute atomic E-state index is 0.161. The molecule has 1 heterocycles. The van der Waals surface area contributed by atoms with Crippen molar-refractivity contribution in [3.63, 3.8) is 0 Å². The van der Waals surface area contributed by atoms with E-state index in [4.69, 9.17) is 11.8 Å². The molecule has 1 aromatic carbocycles. The zero-order valence-corrected chi connectivity index (χ0v) is 11.0. The van der Waals surface area contributed by atoms with E-state index in [1.54, 1.807) is 12.1 Å². The smallest absolute Gasteiger partial charge is 0.258 e. The van der Waals surface area contributed by atoms with E-state index in [9.17, 15) is 10.1 Å². The van der Waals surface area contributed by atoms with Crippen LogP contribution in [0, 0.1) is 16.0 Å². The summed E-state index contributed by atoms with van der Waals surface area (Å²) in [4.78, 5) is 10.2. The molecule has 0 aliphatic carbocycles. The average Bonchev–Trinajstić information content (AvgIpc) is 2.38. The van der Waals surface area contributed by atoms with Gasteiger partial charge in [0.1, 0.15) is 0 Å². The summed E-state index contributed by atoms with van der Waals surface area (Å²) in [7, 11) is 0. The van der Waals surface area contributed by atoms with Crippen molar-refractivity contribution in [2.75, 3.05) is 13.1 Å². The highest BCUT2D eigenvalue weighted by molar-refractivity contribution is 6.13. The third-order valence-corrected chi connectivity index (χ3v) is 3.89. The van der Waals surface area contributed by atoms with Crippen molar-refractivity contribution < 1.29 is 4.92 Å². The van der Waals surface area contributed by atoms with Gasteiger partial charge in [0.05, 0.1) is 4.92 Å². The molecule has 0 atom stereocenters. The molecule has 0 bridgehead atoms. The predicted octanol–water partition coefficient (Wildman–Crippen LogP) is 3.39. The lowest BCUT2D eigenvalue weighted by atomic mass is 9.91. The van der Waals surface area contributed by atoms with E-state index < -0.39 is 0 Å². The number of aryl methyl sites for hydroxylation is 1. The Labute approximate surface area is 112 Å². The van der Waals surface area contributed by atoms with E-state index in [0.717, 1.165) is 44.7 Å². The number of non-ortho nitro benzene ring substituents is 1. The Hall–Kier alpha value is -1.13. The summed E-state index contributed by atoms with van der Waals surface area (Å²) in [6, 6.07) is 6.87. The van der Waals surface area contributed by atoms with Gasteiger partial charge in [-0.25, -0.2) is 4.42 Å². The Morgan fingerprint density at radius 3 is 2.44 bits per heavy atom. The molecule has 0 amide bonds. The minimum atomic E-state index is -0.361. The maximum atomic E-state index is 10.5. The lowest BCUT2D eigenvalue weighted by Gasteiger charge is -2.26. The molecule has 1 aliphatic rings. The fourth-order valence-corrected chi connectivity index (χ4v) is 2.54. The van der Waals surface area contributed by atoms with Crippen LogP contribution in [-0.2, 0) is 6.42 Å². The van der Waals surface area contributed by atoms with Crippen LogP contribution in [0.25, 0.3) is 0 Å². The fraction of sp³-hybridized carbons (Fsp3) is 0.538. The molecule has 1 aliphatic heterocycles. The van der Waals surface area contributed by atoms with Gasteiger partial charge in [0.25, 0.3) is 5.69 Å². The van der Waals surface area contributed by atoms with Crippen LogP contribution in [-0.4, -0.2) is 22.4 Å². The van der Waals surface area contributed by atoms with Gasteiger partial charge in [0, 0.05) is 25.2 Å². The largest absolute Gasteiger partial charge is 0.269 e. The molecule has 18 heavy (non-hydrogen) atoms. The zero-order chi connectivity index (χ0) is 13.0. The van der Waals surface area contributed by atoms with Crippen molar-refractivity contribution >= 4 is 17.5 Å². The van der Waals surface area contributed by atoms with Crippen molar-refractivity contribution in [2.45, 2.75) is 25.7 Å². The molecule has 2 rings (SSSR count). The molecule has 4 nitrogen and oxygen atoms in total. The lowest BCUT2D eigenvalue weighted by molar-refractivity contribution is -0.384. The summed E-state index contributed by atoms with van der Waals surface area (Å²) < 4.78 is 1.85. The quantitative estimate of drug-likeness (QED) is 0.478. The number of halogens is 1. The van der Waals surface area contributed by atoms with Crippen LogP contribution in [0.5, 0.6) is 0 Å². The third kappa shape index (κ3) is 3.68. The number of benzene rings is 1. The van der Waals surface area contributed by atoms with Crippen LogP contribution in [0.3, 0.4) is 0 Å². The van der Waals surface area contributed by atoms with Crippen LogP contribution in [0.2, 0.25) is 0 Å². The molecule has 1 aromatic rings. The SMILES string of the molecule is O=[N+]([O-])c1ccc(CCC2CCN(Cl)CC2)cc1. The Balaban J connectivity index is 1.81. The summed E-state index contributed by atoms with van der Waals surface area (Å²) in [5.41, 5.74) is 1.34. The predicted molar refractivity (Wildman–Crippen MR) is 71.6 cm³/mol. The molecular formula is C13H17ClN2O2. The Morgan fingerprint density at radius 1 is 1.28 bits per heavy atom. The molecule has 0 unspecified atom stereocenters. The van der Waals surface area contributed by atoms with Gasteiger partial charge < -0.3 is 0 Å². The summed E-state index contributed by atoms with van der Waals surface area (Å²) in [6.07, 6.45) is 4.43. The van der Waals surface area contributed by atoms with Crippen LogP contribution in [0.1, 0.15) is 24.8 Å². The minimum Gasteiger partial charge on any atom is -0.258 e. The molecule has 5 heteroatoms. The monoisotopic (exact) mass is 268 g/mol. The van der Waals surface area contributed by atoms with Gasteiger partial charge in [0.15, 0.2) is 0 Å². The molecular weight excluding hydrogens is 252 g/mol. The van der Waals surface area contributed by atoms with E-state index in [2.05, 4.69) is 0 Å². The standard InChI is InChI=1S/C13H17ClN2O2/c14-15-9-7-12(8-10-15)2-1-11-3-5-13(6-4-11)16(17)18/h3-6,12H,1-2,7-10H2. The number of hydrogen-bond donors (Lipinski definition) is 0. The van der Waals surface area contributed by atoms with Gasteiger partial charge >= 0.3 is 0 Å². The number of hydrogen-bond acceptors (Lipinski definition) is 3.